The Labute approximate surface area is 124 Å². The lowest BCUT2D eigenvalue weighted by atomic mass is 10.0. The molecule has 21 heavy (non-hydrogen) atoms. The quantitative estimate of drug-likeness (QED) is 0.811. The smallest absolute Gasteiger partial charge is 0.229 e. The van der Waals surface area contributed by atoms with Crippen molar-refractivity contribution in [2.75, 3.05) is 11.9 Å². The van der Waals surface area contributed by atoms with Crippen LogP contribution in [0.4, 0.5) is 5.82 Å². The molecule has 3 aliphatic carbocycles. The molecule has 3 aliphatic rings. The van der Waals surface area contributed by atoms with Crippen LogP contribution in [0.2, 0.25) is 0 Å². The maximum atomic E-state index is 12.4. The van der Waals surface area contributed by atoms with E-state index >= 15 is 0 Å². The maximum Gasteiger partial charge on any atom is 0.229 e. The standard InChI is InChI=1S/C17H18N2O2/c20-8-2-4-12-3-1-5-13(18-12)19-17(21)16-14-10-6-7-11(9-10)15(14)16/h1,3,5,10-11,14-16,20H,6-9H2,(H,18,19,21). The van der Waals surface area contributed by atoms with E-state index in [2.05, 4.69) is 22.1 Å². The molecule has 4 atom stereocenters. The van der Waals surface area contributed by atoms with Gasteiger partial charge in [0.1, 0.15) is 18.1 Å². The second-order valence-electron chi connectivity index (χ2n) is 6.37. The molecule has 0 saturated heterocycles. The number of aliphatic hydroxyl groups is 1. The molecule has 1 heterocycles. The van der Waals surface area contributed by atoms with Crippen LogP contribution >= 0.6 is 0 Å². The summed E-state index contributed by atoms with van der Waals surface area (Å²) in [4.78, 5) is 16.7. The number of anilines is 1. The minimum absolute atomic E-state index is 0.126. The molecule has 4 heteroatoms. The number of aromatic nitrogens is 1. The van der Waals surface area contributed by atoms with Crippen molar-refractivity contribution in [3.05, 3.63) is 23.9 Å². The van der Waals surface area contributed by atoms with E-state index < -0.39 is 0 Å². The third-order valence-corrected chi connectivity index (χ3v) is 5.33. The molecule has 4 rings (SSSR count). The third kappa shape index (κ3) is 2.13. The fraction of sp³-hybridized carbons (Fsp3) is 0.529. The van der Waals surface area contributed by atoms with E-state index in [-0.39, 0.29) is 18.4 Å². The Morgan fingerprint density at radius 2 is 2.10 bits per heavy atom. The number of rotatable bonds is 2. The number of amides is 1. The van der Waals surface area contributed by atoms with E-state index in [0.29, 0.717) is 23.3 Å². The van der Waals surface area contributed by atoms with E-state index in [1.807, 2.05) is 6.07 Å². The zero-order valence-electron chi connectivity index (χ0n) is 11.7. The molecule has 2 N–H and O–H groups in total. The summed E-state index contributed by atoms with van der Waals surface area (Å²) in [7, 11) is 0. The molecule has 3 fully saturated rings. The zero-order chi connectivity index (χ0) is 14.4. The van der Waals surface area contributed by atoms with Crippen LogP contribution in [0.1, 0.15) is 25.0 Å². The summed E-state index contributed by atoms with van der Waals surface area (Å²) >= 11 is 0. The van der Waals surface area contributed by atoms with Crippen LogP contribution < -0.4 is 5.32 Å². The summed E-state index contributed by atoms with van der Waals surface area (Å²) in [6.07, 6.45) is 3.99. The normalized spacial score (nSPS) is 34.8. The van der Waals surface area contributed by atoms with E-state index in [4.69, 9.17) is 5.11 Å². The summed E-state index contributed by atoms with van der Waals surface area (Å²) < 4.78 is 0. The second-order valence-corrected chi connectivity index (χ2v) is 6.37. The van der Waals surface area contributed by atoms with Crippen molar-refractivity contribution in [3.8, 4) is 11.8 Å². The first-order valence-corrected chi connectivity index (χ1v) is 7.65. The summed E-state index contributed by atoms with van der Waals surface area (Å²) in [5.74, 6) is 9.09. The fourth-order valence-corrected chi connectivity index (χ4v) is 4.59. The number of carbonyl (C=O) groups is 1. The van der Waals surface area contributed by atoms with Crippen LogP contribution in [0.15, 0.2) is 18.2 Å². The molecule has 3 saturated carbocycles. The predicted molar refractivity (Wildman–Crippen MR) is 78.1 cm³/mol. The number of hydrogen-bond acceptors (Lipinski definition) is 3. The largest absolute Gasteiger partial charge is 0.384 e. The molecule has 0 spiro atoms. The Balaban J connectivity index is 1.44. The maximum absolute atomic E-state index is 12.4. The van der Waals surface area contributed by atoms with Crippen molar-refractivity contribution < 1.29 is 9.90 Å². The Bertz CT molecular complexity index is 630. The molecular formula is C17H18N2O2. The zero-order valence-corrected chi connectivity index (χ0v) is 11.7. The molecule has 1 aromatic rings. The summed E-state index contributed by atoms with van der Waals surface area (Å²) in [6, 6.07) is 5.38. The van der Waals surface area contributed by atoms with Gasteiger partial charge in [0.25, 0.3) is 0 Å². The van der Waals surface area contributed by atoms with E-state index in [1.54, 1.807) is 12.1 Å². The first-order chi connectivity index (χ1) is 10.3. The van der Waals surface area contributed by atoms with E-state index in [9.17, 15) is 4.79 Å². The van der Waals surface area contributed by atoms with Crippen molar-refractivity contribution in [1.82, 2.24) is 4.98 Å². The minimum Gasteiger partial charge on any atom is -0.384 e. The highest BCUT2D eigenvalue weighted by Crippen LogP contribution is 2.69. The number of carbonyl (C=O) groups excluding carboxylic acids is 1. The van der Waals surface area contributed by atoms with Gasteiger partial charge in [0.2, 0.25) is 5.91 Å². The van der Waals surface area contributed by atoms with Gasteiger partial charge < -0.3 is 10.4 Å². The van der Waals surface area contributed by atoms with Crippen LogP contribution in [0, 0.1) is 41.4 Å². The topological polar surface area (TPSA) is 62.2 Å². The van der Waals surface area contributed by atoms with Gasteiger partial charge in [0.15, 0.2) is 0 Å². The molecule has 108 valence electrons. The predicted octanol–water partition coefficient (Wildman–Crippen LogP) is 1.66. The lowest BCUT2D eigenvalue weighted by Crippen LogP contribution is -2.19. The summed E-state index contributed by atoms with van der Waals surface area (Å²) in [6.45, 7) is -0.188. The van der Waals surface area contributed by atoms with Crippen LogP contribution in [0.3, 0.4) is 0 Å². The van der Waals surface area contributed by atoms with Gasteiger partial charge in [-0.05, 0) is 61.0 Å². The highest BCUT2D eigenvalue weighted by molar-refractivity contribution is 5.94. The van der Waals surface area contributed by atoms with Crippen LogP contribution in [0.5, 0.6) is 0 Å². The van der Waals surface area contributed by atoms with Crippen molar-refractivity contribution in [2.45, 2.75) is 19.3 Å². The average Bonchev–Trinajstić information content (AvgIpc) is 2.94. The molecule has 0 radical (unpaired) electrons. The van der Waals surface area contributed by atoms with Gasteiger partial charge >= 0.3 is 0 Å². The number of fused-ring (bicyclic) bond motifs is 5. The second kappa shape index (κ2) is 4.85. The van der Waals surface area contributed by atoms with Gasteiger partial charge in [-0.1, -0.05) is 12.0 Å². The fourth-order valence-electron chi connectivity index (χ4n) is 4.59. The van der Waals surface area contributed by atoms with Crippen LogP contribution in [-0.2, 0) is 4.79 Å². The van der Waals surface area contributed by atoms with Crippen molar-refractivity contribution in [1.29, 1.82) is 0 Å². The highest BCUT2D eigenvalue weighted by atomic mass is 16.2. The number of nitrogens with zero attached hydrogens (tertiary/aromatic N) is 1. The van der Waals surface area contributed by atoms with E-state index in [1.165, 1.54) is 19.3 Å². The van der Waals surface area contributed by atoms with Gasteiger partial charge in [-0.15, -0.1) is 0 Å². The average molecular weight is 282 g/mol. The Kier molecular flexibility index (Phi) is 2.97. The van der Waals surface area contributed by atoms with Crippen molar-refractivity contribution in [3.63, 3.8) is 0 Å². The van der Waals surface area contributed by atoms with Crippen molar-refractivity contribution in [2.24, 2.45) is 29.6 Å². The molecule has 1 aromatic heterocycles. The molecule has 2 bridgehead atoms. The first-order valence-electron chi connectivity index (χ1n) is 7.65. The molecule has 4 unspecified atom stereocenters. The monoisotopic (exact) mass is 282 g/mol. The Hall–Kier alpha value is -1.86. The van der Waals surface area contributed by atoms with Gasteiger partial charge in [0, 0.05) is 5.92 Å². The molecule has 0 aliphatic heterocycles. The minimum atomic E-state index is -0.188. The lowest BCUT2D eigenvalue weighted by molar-refractivity contribution is -0.118. The lowest BCUT2D eigenvalue weighted by Gasteiger charge is -2.09. The highest BCUT2D eigenvalue weighted by Gasteiger charge is 2.67. The first kappa shape index (κ1) is 12.8. The molecular weight excluding hydrogens is 264 g/mol. The number of aliphatic hydroxyl groups excluding tert-OH is 1. The molecule has 1 amide bonds. The van der Waals surface area contributed by atoms with Crippen LogP contribution in [-0.4, -0.2) is 22.6 Å². The molecule has 0 aromatic carbocycles. The number of hydrogen-bond donors (Lipinski definition) is 2. The Morgan fingerprint density at radius 3 is 2.81 bits per heavy atom. The van der Waals surface area contributed by atoms with Crippen molar-refractivity contribution >= 4 is 11.7 Å². The van der Waals surface area contributed by atoms with Gasteiger partial charge in [-0.25, -0.2) is 4.98 Å². The van der Waals surface area contributed by atoms with Gasteiger partial charge in [0.05, 0.1) is 0 Å². The number of pyridine rings is 1. The SMILES string of the molecule is O=C(Nc1cccc(C#CCO)n1)C1C2C3CCC(C3)C12. The third-order valence-electron chi connectivity index (χ3n) is 5.33. The van der Waals surface area contributed by atoms with E-state index in [0.717, 1.165) is 11.8 Å². The van der Waals surface area contributed by atoms with Gasteiger partial charge in [-0.2, -0.15) is 0 Å². The van der Waals surface area contributed by atoms with Gasteiger partial charge in [-0.3, -0.25) is 4.79 Å². The summed E-state index contributed by atoms with van der Waals surface area (Å²) in [5.41, 5.74) is 0.568. The van der Waals surface area contributed by atoms with Crippen LogP contribution in [0.25, 0.3) is 0 Å². The Morgan fingerprint density at radius 1 is 1.33 bits per heavy atom. The summed E-state index contributed by atoms with van der Waals surface area (Å²) in [5, 5.41) is 11.6. The number of nitrogens with one attached hydrogen (secondary N) is 1. The molecule has 4 nitrogen and oxygen atoms in total.